The molecule has 0 unspecified atom stereocenters. The van der Waals surface area contributed by atoms with Gasteiger partial charge in [0.25, 0.3) is 0 Å². The summed E-state index contributed by atoms with van der Waals surface area (Å²) in [5.41, 5.74) is 0. The van der Waals surface area contributed by atoms with Crippen LogP contribution in [0, 0.1) is 12.2 Å². The van der Waals surface area contributed by atoms with E-state index < -0.39 is 16.5 Å². The molecule has 0 radical (unpaired) electrons. The number of rotatable bonds is 0. The summed E-state index contributed by atoms with van der Waals surface area (Å²) in [6.45, 7) is 0. The third-order valence-corrected chi connectivity index (χ3v) is 1.17. The van der Waals surface area contributed by atoms with Crippen LogP contribution in [0.2, 0.25) is 0 Å². The van der Waals surface area contributed by atoms with Crippen LogP contribution in [0.15, 0.2) is 36.5 Å². The molecular weight excluding hydrogens is 375 g/mol. The predicted octanol–water partition coefficient (Wildman–Crippen LogP) is 3.99. The van der Waals surface area contributed by atoms with Crippen LogP contribution in [0.5, 0.6) is 0 Å². The maximum absolute atomic E-state index is 4.93. The molecule has 0 saturated heterocycles. The number of hydrogen-bond donors (Lipinski definition) is 0. The van der Waals surface area contributed by atoms with Crippen LogP contribution in [0.3, 0.4) is 0 Å². The Morgan fingerprint density at radius 3 is 1.38 bits per heavy atom. The summed E-state index contributed by atoms with van der Waals surface area (Å²) in [4.78, 5) is 0. The number of halogens is 2. The molecule has 0 saturated carbocycles. The van der Waals surface area contributed by atoms with Gasteiger partial charge in [-0.25, -0.2) is 24.3 Å². The van der Waals surface area contributed by atoms with E-state index >= 15 is 0 Å². The molecule has 0 aromatic carbocycles. The second-order valence-electron chi connectivity index (χ2n) is 2.08. The van der Waals surface area contributed by atoms with Gasteiger partial charge in [0.15, 0.2) is 0 Å². The van der Waals surface area contributed by atoms with Crippen molar-refractivity contribution in [2.45, 2.75) is 12.8 Å². The van der Waals surface area contributed by atoms with Gasteiger partial charge in [-0.1, -0.05) is 0 Å². The summed E-state index contributed by atoms with van der Waals surface area (Å²) in [6, 6.07) is 0. The average molecular weight is 385 g/mol. The first-order valence-electron chi connectivity index (χ1n) is 3.76. The Hall–Kier alpha value is 0.228. The van der Waals surface area contributed by atoms with Crippen LogP contribution in [0.1, 0.15) is 12.8 Å². The van der Waals surface area contributed by atoms with Gasteiger partial charge < -0.3 is 0 Å². The molecule has 0 atom stereocenters. The first kappa shape index (κ1) is 13.2. The summed E-state index contributed by atoms with van der Waals surface area (Å²) in [6.07, 6.45) is 20.0. The first-order valence-corrected chi connectivity index (χ1v) is 11.0. The van der Waals surface area contributed by atoms with Gasteiger partial charge in [-0.3, -0.25) is 12.2 Å². The van der Waals surface area contributed by atoms with E-state index in [4.69, 9.17) is 18.8 Å². The zero-order valence-corrected chi connectivity index (χ0v) is 11.5. The first-order chi connectivity index (χ1) is 6.41. The second kappa shape index (κ2) is 12.2. The Morgan fingerprint density at radius 2 is 1.31 bits per heavy atom. The van der Waals surface area contributed by atoms with E-state index in [1.165, 1.54) is 0 Å². The molecule has 0 amide bonds. The molecule has 0 aliphatic heterocycles. The molecule has 0 spiro atoms. The molecule has 13 heavy (non-hydrogen) atoms. The summed E-state index contributed by atoms with van der Waals surface area (Å²) in [7, 11) is 9.86. The Bertz CT molecular complexity index is 163. The normalized spacial score (nSPS) is 14.9. The molecule has 0 bridgehead atoms. The Labute approximate surface area is 96.4 Å². The van der Waals surface area contributed by atoms with Crippen molar-refractivity contribution in [3.8, 4) is 0 Å². The number of hydrogen-bond acceptors (Lipinski definition) is 0. The van der Waals surface area contributed by atoms with Crippen molar-refractivity contribution in [1.29, 1.82) is 0 Å². The fourth-order valence-electron chi connectivity index (χ4n) is 0.680. The van der Waals surface area contributed by atoms with E-state index in [-0.39, 0.29) is 0 Å². The van der Waals surface area contributed by atoms with Crippen LogP contribution in [-0.2, 0) is 16.5 Å². The Balaban J connectivity index is 0.000000174. The summed E-state index contributed by atoms with van der Waals surface area (Å²) in [5.74, 6) is 0. The third-order valence-electron chi connectivity index (χ3n) is 1.17. The van der Waals surface area contributed by atoms with Gasteiger partial charge in [0.1, 0.15) is 0 Å². The topological polar surface area (TPSA) is 0 Å². The van der Waals surface area contributed by atoms with E-state index in [9.17, 15) is 0 Å². The van der Waals surface area contributed by atoms with Crippen molar-refractivity contribution in [2.24, 2.45) is 0 Å². The fraction of sp³-hybridized carbons (Fsp3) is 0.200. The second-order valence-corrected chi connectivity index (χ2v) is 6.31. The molecule has 0 heterocycles. The molecule has 0 nitrogen and oxygen atoms in total. The van der Waals surface area contributed by atoms with Crippen LogP contribution in [-0.4, -0.2) is 0 Å². The van der Waals surface area contributed by atoms with Gasteiger partial charge in [-0.15, -0.1) is 12.8 Å². The molecule has 3 heteroatoms. The maximum atomic E-state index is 4.93. The SMILES string of the molecule is [C-]1=CCC=C1.[C-]1=CCC=C1.[Cl][W][Cl]. The van der Waals surface area contributed by atoms with Crippen molar-refractivity contribution in [3.05, 3.63) is 48.6 Å². The predicted molar refractivity (Wildman–Crippen MR) is 54.8 cm³/mol. The average Bonchev–Trinajstić information content (AvgIpc) is 2.85. The minimum atomic E-state index is -0.806. The molecule has 0 N–H and O–H groups in total. The van der Waals surface area contributed by atoms with Crippen LogP contribution >= 0.6 is 18.8 Å². The van der Waals surface area contributed by atoms with Gasteiger partial charge in [0.05, 0.1) is 0 Å². The molecule has 2 rings (SSSR count). The van der Waals surface area contributed by atoms with Gasteiger partial charge in [0, 0.05) is 0 Å². The van der Waals surface area contributed by atoms with Crippen molar-refractivity contribution in [1.82, 2.24) is 0 Å². The van der Waals surface area contributed by atoms with E-state index in [0.717, 1.165) is 12.8 Å². The van der Waals surface area contributed by atoms with E-state index in [0.29, 0.717) is 0 Å². The summed E-state index contributed by atoms with van der Waals surface area (Å²) < 4.78 is 0. The molecule has 2 aliphatic carbocycles. The zero-order chi connectivity index (χ0) is 9.78. The Morgan fingerprint density at radius 1 is 0.923 bits per heavy atom. The monoisotopic (exact) mass is 384 g/mol. The minimum absolute atomic E-state index is 0.806. The fourth-order valence-corrected chi connectivity index (χ4v) is 0.680. The van der Waals surface area contributed by atoms with Crippen molar-refractivity contribution in [2.75, 3.05) is 0 Å². The molecule has 0 fully saturated rings. The molecule has 72 valence electrons. The van der Waals surface area contributed by atoms with Crippen LogP contribution in [0.25, 0.3) is 0 Å². The van der Waals surface area contributed by atoms with E-state index in [1.54, 1.807) is 0 Å². The van der Waals surface area contributed by atoms with Crippen molar-refractivity contribution in [3.63, 3.8) is 0 Å². The summed E-state index contributed by atoms with van der Waals surface area (Å²) >= 11 is -0.806. The van der Waals surface area contributed by atoms with Gasteiger partial charge in [-0.05, 0) is 0 Å². The van der Waals surface area contributed by atoms with Crippen molar-refractivity contribution < 1.29 is 16.5 Å². The standard InChI is InChI=1S/2C5H5.2ClH.W/c2*1-2-4-5-3-1;;;/h2*1-2,5H,3H2;2*1H;/q2*-1;;;+2/p-2. The van der Waals surface area contributed by atoms with E-state index in [2.05, 4.69) is 24.3 Å². The Kier molecular flexibility index (Phi) is 12.4. The quantitative estimate of drug-likeness (QED) is 0.554. The molecule has 0 aromatic heterocycles. The molecular formula is C10H10Cl2W-2. The van der Waals surface area contributed by atoms with Gasteiger partial charge >= 0.3 is 35.3 Å². The van der Waals surface area contributed by atoms with Gasteiger partial charge in [0.2, 0.25) is 0 Å². The van der Waals surface area contributed by atoms with Gasteiger partial charge in [-0.2, -0.15) is 12.2 Å². The van der Waals surface area contributed by atoms with E-state index in [1.807, 2.05) is 24.3 Å². The zero-order valence-electron chi connectivity index (χ0n) is 7.04. The van der Waals surface area contributed by atoms with Crippen LogP contribution in [0.4, 0.5) is 0 Å². The molecule has 0 aromatic rings. The third kappa shape index (κ3) is 12.2. The molecule has 2 aliphatic rings. The van der Waals surface area contributed by atoms with Crippen molar-refractivity contribution >= 4 is 18.8 Å². The number of allylic oxidation sites excluding steroid dienone is 8. The van der Waals surface area contributed by atoms with Crippen LogP contribution < -0.4 is 0 Å². The summed E-state index contributed by atoms with van der Waals surface area (Å²) in [5, 5.41) is 0.